The van der Waals surface area contributed by atoms with Crippen LogP contribution in [0.3, 0.4) is 0 Å². The maximum Gasteiger partial charge on any atom is 0.255 e. The molecule has 138 valence electrons. The highest BCUT2D eigenvalue weighted by Gasteiger charge is 2.17. The first kappa shape index (κ1) is 17.1. The number of hydrogen-bond donors (Lipinski definition) is 2. The Balaban J connectivity index is 1.39. The molecule has 0 saturated carbocycles. The molecule has 2 aromatic rings. The van der Waals surface area contributed by atoms with Crippen LogP contribution in [0.15, 0.2) is 54.6 Å². The lowest BCUT2D eigenvalue weighted by Crippen LogP contribution is -2.15. The van der Waals surface area contributed by atoms with Gasteiger partial charge in [0.05, 0.1) is 0 Å². The molecule has 2 aromatic carbocycles. The summed E-state index contributed by atoms with van der Waals surface area (Å²) in [6.45, 7) is 0.165. The Bertz CT molecular complexity index is 907. The molecule has 27 heavy (non-hydrogen) atoms. The van der Waals surface area contributed by atoms with Crippen molar-refractivity contribution in [2.24, 2.45) is 5.92 Å². The van der Waals surface area contributed by atoms with Crippen LogP contribution >= 0.6 is 0 Å². The Morgan fingerprint density at radius 2 is 1.81 bits per heavy atom. The molecular weight excluding hydrogens is 344 g/mol. The molecule has 2 amide bonds. The molecule has 2 aliphatic rings. The van der Waals surface area contributed by atoms with Gasteiger partial charge in [-0.25, -0.2) is 0 Å². The highest BCUT2D eigenvalue weighted by atomic mass is 16.7. The molecule has 0 radical (unpaired) electrons. The van der Waals surface area contributed by atoms with Gasteiger partial charge in [-0.2, -0.15) is 0 Å². The van der Waals surface area contributed by atoms with Crippen molar-refractivity contribution in [3.63, 3.8) is 0 Å². The largest absolute Gasteiger partial charge is 0.454 e. The Hall–Kier alpha value is -3.28. The number of hydrogen-bond acceptors (Lipinski definition) is 4. The first-order valence-corrected chi connectivity index (χ1v) is 8.95. The van der Waals surface area contributed by atoms with E-state index in [4.69, 9.17) is 9.47 Å². The van der Waals surface area contributed by atoms with Crippen molar-refractivity contribution in [3.8, 4) is 11.5 Å². The minimum absolute atomic E-state index is 0.0224. The minimum Gasteiger partial charge on any atom is -0.454 e. The van der Waals surface area contributed by atoms with Crippen LogP contribution in [0.1, 0.15) is 29.6 Å². The van der Waals surface area contributed by atoms with Crippen LogP contribution in [-0.2, 0) is 4.79 Å². The zero-order valence-corrected chi connectivity index (χ0v) is 14.7. The number of nitrogens with one attached hydrogen (secondary N) is 2. The van der Waals surface area contributed by atoms with E-state index in [9.17, 15) is 9.59 Å². The fourth-order valence-corrected chi connectivity index (χ4v) is 3.23. The SMILES string of the molecule is O=C(CC1C=CCC1)Nc1cccc(NC(=O)c2ccc3c(c2)OCO3)c1. The van der Waals surface area contributed by atoms with Gasteiger partial charge >= 0.3 is 0 Å². The smallest absolute Gasteiger partial charge is 0.255 e. The second-order valence-electron chi connectivity index (χ2n) is 6.62. The monoisotopic (exact) mass is 364 g/mol. The summed E-state index contributed by atoms with van der Waals surface area (Å²) in [5.74, 6) is 1.23. The lowest BCUT2D eigenvalue weighted by Gasteiger charge is -2.11. The number of carbonyl (C=O) groups excluding carboxylic acids is 2. The van der Waals surface area contributed by atoms with E-state index in [-0.39, 0.29) is 18.6 Å². The number of allylic oxidation sites excluding steroid dienone is 2. The van der Waals surface area contributed by atoms with E-state index < -0.39 is 0 Å². The van der Waals surface area contributed by atoms with E-state index in [1.807, 2.05) is 0 Å². The molecule has 1 aliphatic carbocycles. The maximum absolute atomic E-state index is 12.5. The number of rotatable bonds is 5. The van der Waals surface area contributed by atoms with Gasteiger partial charge in [0, 0.05) is 23.4 Å². The van der Waals surface area contributed by atoms with Gasteiger partial charge in [-0.05, 0) is 55.2 Å². The summed E-state index contributed by atoms with van der Waals surface area (Å²) in [7, 11) is 0. The van der Waals surface area contributed by atoms with Crippen molar-refractivity contribution in [2.45, 2.75) is 19.3 Å². The number of carbonyl (C=O) groups is 2. The first-order valence-electron chi connectivity index (χ1n) is 8.95. The molecule has 4 rings (SSSR count). The molecule has 6 heteroatoms. The van der Waals surface area contributed by atoms with Gasteiger partial charge in [0.15, 0.2) is 11.5 Å². The molecule has 1 unspecified atom stereocenters. The number of benzene rings is 2. The lowest BCUT2D eigenvalue weighted by molar-refractivity contribution is -0.116. The zero-order chi connectivity index (χ0) is 18.6. The molecule has 2 N–H and O–H groups in total. The Labute approximate surface area is 157 Å². The predicted octanol–water partition coefficient (Wildman–Crippen LogP) is 3.96. The molecule has 0 spiro atoms. The molecule has 1 atom stereocenters. The Morgan fingerprint density at radius 1 is 1.00 bits per heavy atom. The third-order valence-corrected chi connectivity index (χ3v) is 4.60. The maximum atomic E-state index is 12.5. The third kappa shape index (κ3) is 4.11. The van der Waals surface area contributed by atoms with Crippen molar-refractivity contribution in [1.82, 2.24) is 0 Å². The van der Waals surface area contributed by atoms with E-state index in [2.05, 4.69) is 22.8 Å². The van der Waals surface area contributed by atoms with Gasteiger partial charge in [-0.1, -0.05) is 18.2 Å². The number of fused-ring (bicyclic) bond motifs is 1. The molecular formula is C21H20N2O4. The lowest BCUT2D eigenvalue weighted by atomic mass is 10.1. The van der Waals surface area contributed by atoms with Crippen LogP contribution in [0.5, 0.6) is 11.5 Å². The van der Waals surface area contributed by atoms with Crippen LogP contribution in [0, 0.1) is 5.92 Å². The fraction of sp³-hybridized carbons (Fsp3) is 0.238. The van der Waals surface area contributed by atoms with Gasteiger partial charge in [-0.15, -0.1) is 0 Å². The van der Waals surface area contributed by atoms with Crippen molar-refractivity contribution >= 4 is 23.2 Å². The highest BCUT2D eigenvalue weighted by molar-refractivity contribution is 6.05. The molecule has 0 bridgehead atoms. The van der Waals surface area contributed by atoms with Crippen LogP contribution in [0.2, 0.25) is 0 Å². The number of ether oxygens (including phenoxy) is 2. The number of amides is 2. The van der Waals surface area contributed by atoms with Gasteiger partial charge < -0.3 is 20.1 Å². The Morgan fingerprint density at radius 3 is 2.63 bits per heavy atom. The Kier molecular flexibility index (Phi) is 4.78. The van der Waals surface area contributed by atoms with E-state index >= 15 is 0 Å². The van der Waals surface area contributed by atoms with Crippen molar-refractivity contribution in [3.05, 3.63) is 60.2 Å². The van der Waals surface area contributed by atoms with Crippen LogP contribution in [0.25, 0.3) is 0 Å². The van der Waals surface area contributed by atoms with Gasteiger partial charge in [0.1, 0.15) is 0 Å². The van der Waals surface area contributed by atoms with E-state index in [0.29, 0.717) is 40.8 Å². The van der Waals surface area contributed by atoms with Gasteiger partial charge in [-0.3, -0.25) is 9.59 Å². The van der Waals surface area contributed by atoms with Crippen LogP contribution < -0.4 is 20.1 Å². The second kappa shape index (κ2) is 7.53. The molecule has 1 heterocycles. The summed E-state index contributed by atoms with van der Waals surface area (Å²) in [6.07, 6.45) is 6.76. The highest BCUT2D eigenvalue weighted by Crippen LogP contribution is 2.32. The van der Waals surface area contributed by atoms with Gasteiger partial charge in [0.25, 0.3) is 5.91 Å². The predicted molar refractivity (Wildman–Crippen MR) is 102 cm³/mol. The van der Waals surface area contributed by atoms with Crippen LogP contribution in [0.4, 0.5) is 11.4 Å². The second-order valence-corrected chi connectivity index (χ2v) is 6.62. The topological polar surface area (TPSA) is 76.7 Å². The summed E-state index contributed by atoms with van der Waals surface area (Å²) in [5, 5.41) is 5.73. The normalized spacial score (nSPS) is 17.0. The van der Waals surface area contributed by atoms with E-state index in [0.717, 1.165) is 12.8 Å². The zero-order valence-electron chi connectivity index (χ0n) is 14.7. The molecule has 0 fully saturated rings. The minimum atomic E-state index is -0.257. The summed E-state index contributed by atoms with van der Waals surface area (Å²) in [6, 6.07) is 12.2. The van der Waals surface area contributed by atoms with Gasteiger partial charge in [0.2, 0.25) is 12.7 Å². The average molecular weight is 364 g/mol. The standard InChI is InChI=1S/C21H20N2O4/c24-20(10-14-4-1-2-5-14)22-16-6-3-7-17(12-16)23-21(25)15-8-9-18-19(11-15)27-13-26-18/h1,3-4,6-9,11-12,14H,2,5,10,13H2,(H,22,24)(H,23,25). The summed E-state index contributed by atoms with van der Waals surface area (Å²) >= 11 is 0. The average Bonchev–Trinajstić information content (AvgIpc) is 3.32. The van der Waals surface area contributed by atoms with Crippen molar-refractivity contribution in [1.29, 1.82) is 0 Å². The van der Waals surface area contributed by atoms with Crippen molar-refractivity contribution in [2.75, 3.05) is 17.4 Å². The summed E-state index contributed by atoms with van der Waals surface area (Å²) < 4.78 is 10.6. The molecule has 1 aliphatic heterocycles. The molecule has 0 aromatic heterocycles. The third-order valence-electron chi connectivity index (χ3n) is 4.60. The van der Waals surface area contributed by atoms with E-state index in [1.54, 1.807) is 42.5 Å². The summed E-state index contributed by atoms with van der Waals surface area (Å²) in [5.41, 5.74) is 1.74. The number of anilines is 2. The fourth-order valence-electron chi connectivity index (χ4n) is 3.23. The first-order chi connectivity index (χ1) is 13.2. The summed E-state index contributed by atoms with van der Waals surface area (Å²) in [4.78, 5) is 24.6. The van der Waals surface area contributed by atoms with Crippen molar-refractivity contribution < 1.29 is 19.1 Å². The van der Waals surface area contributed by atoms with Crippen LogP contribution in [-0.4, -0.2) is 18.6 Å². The quantitative estimate of drug-likeness (QED) is 0.787. The molecule has 6 nitrogen and oxygen atoms in total. The van der Waals surface area contributed by atoms with E-state index in [1.165, 1.54) is 0 Å². The molecule has 0 saturated heterocycles.